The minimum atomic E-state index is 0.246. The number of rotatable bonds is 4. The molecule has 2 nitrogen and oxygen atoms in total. The second-order valence-corrected chi connectivity index (χ2v) is 3.98. The van der Waals surface area contributed by atoms with Gasteiger partial charge < -0.3 is 9.73 Å². The number of aryl methyl sites for hydroxylation is 1. The third-order valence-corrected chi connectivity index (χ3v) is 2.74. The molecule has 0 aliphatic rings. The van der Waals surface area contributed by atoms with E-state index < -0.39 is 0 Å². The number of likely N-dealkylation sites (N-methyl/N-ethyl adjacent to an activating group) is 1. The lowest BCUT2D eigenvalue weighted by Crippen LogP contribution is -2.18. The molecule has 2 rings (SSSR count). The SMILES string of the molecule is CNC(Cc1ccccc1)c1ccc(C)o1. The fraction of sp³-hybridized carbons (Fsp3) is 0.286. The fourth-order valence-corrected chi connectivity index (χ4v) is 1.84. The maximum absolute atomic E-state index is 5.65. The molecule has 0 aliphatic carbocycles. The average molecular weight is 215 g/mol. The van der Waals surface area contributed by atoms with Gasteiger partial charge in [-0.1, -0.05) is 30.3 Å². The molecule has 84 valence electrons. The van der Waals surface area contributed by atoms with E-state index in [1.807, 2.05) is 32.2 Å². The molecule has 16 heavy (non-hydrogen) atoms. The maximum Gasteiger partial charge on any atom is 0.121 e. The van der Waals surface area contributed by atoms with E-state index in [2.05, 4.69) is 29.6 Å². The molecular weight excluding hydrogens is 198 g/mol. The molecule has 2 heteroatoms. The third kappa shape index (κ3) is 2.52. The van der Waals surface area contributed by atoms with E-state index in [1.54, 1.807) is 0 Å². The van der Waals surface area contributed by atoms with Crippen LogP contribution < -0.4 is 5.32 Å². The zero-order valence-electron chi connectivity index (χ0n) is 9.73. The van der Waals surface area contributed by atoms with Crippen LogP contribution in [-0.4, -0.2) is 7.05 Å². The van der Waals surface area contributed by atoms with E-state index in [1.165, 1.54) is 5.56 Å². The Morgan fingerprint density at radius 3 is 2.44 bits per heavy atom. The van der Waals surface area contributed by atoms with Gasteiger partial charge in [0, 0.05) is 0 Å². The topological polar surface area (TPSA) is 25.2 Å². The number of benzene rings is 1. The summed E-state index contributed by atoms with van der Waals surface area (Å²) in [4.78, 5) is 0. The van der Waals surface area contributed by atoms with Crippen molar-refractivity contribution in [1.29, 1.82) is 0 Å². The molecule has 0 saturated heterocycles. The Morgan fingerprint density at radius 2 is 1.88 bits per heavy atom. The van der Waals surface area contributed by atoms with Crippen molar-refractivity contribution in [3.8, 4) is 0 Å². The van der Waals surface area contributed by atoms with E-state index >= 15 is 0 Å². The highest BCUT2D eigenvalue weighted by Crippen LogP contribution is 2.20. The van der Waals surface area contributed by atoms with Gasteiger partial charge in [0.25, 0.3) is 0 Å². The van der Waals surface area contributed by atoms with Crippen LogP contribution in [0, 0.1) is 6.92 Å². The van der Waals surface area contributed by atoms with Crippen molar-refractivity contribution in [3.05, 3.63) is 59.5 Å². The Balaban J connectivity index is 2.12. The van der Waals surface area contributed by atoms with Crippen molar-refractivity contribution in [1.82, 2.24) is 5.32 Å². The first-order valence-electron chi connectivity index (χ1n) is 5.57. The molecule has 0 spiro atoms. The predicted molar refractivity (Wildman–Crippen MR) is 65.4 cm³/mol. The van der Waals surface area contributed by atoms with Crippen molar-refractivity contribution in [2.45, 2.75) is 19.4 Å². The molecule has 1 N–H and O–H groups in total. The first-order chi connectivity index (χ1) is 7.79. The van der Waals surface area contributed by atoms with Crippen molar-refractivity contribution in [2.24, 2.45) is 0 Å². The Hall–Kier alpha value is -1.54. The molecule has 0 saturated carbocycles. The lowest BCUT2D eigenvalue weighted by molar-refractivity contribution is 0.414. The molecule has 0 radical (unpaired) electrons. The number of hydrogen-bond acceptors (Lipinski definition) is 2. The second-order valence-electron chi connectivity index (χ2n) is 3.98. The summed E-state index contributed by atoms with van der Waals surface area (Å²) < 4.78 is 5.65. The molecule has 1 heterocycles. The molecule has 1 aromatic heterocycles. The van der Waals surface area contributed by atoms with Gasteiger partial charge in [-0.15, -0.1) is 0 Å². The first kappa shape index (κ1) is 11.0. The smallest absolute Gasteiger partial charge is 0.121 e. The fourth-order valence-electron chi connectivity index (χ4n) is 1.84. The summed E-state index contributed by atoms with van der Waals surface area (Å²) in [7, 11) is 1.96. The van der Waals surface area contributed by atoms with Gasteiger partial charge in [0.1, 0.15) is 11.5 Å². The molecule has 0 bridgehead atoms. The van der Waals surface area contributed by atoms with Crippen LogP contribution in [0.5, 0.6) is 0 Å². The number of nitrogens with one attached hydrogen (secondary N) is 1. The Bertz CT molecular complexity index is 433. The Kier molecular flexibility index (Phi) is 3.42. The standard InChI is InChI=1S/C14H17NO/c1-11-8-9-14(16-11)13(15-2)10-12-6-4-3-5-7-12/h3-9,13,15H,10H2,1-2H3. The monoisotopic (exact) mass is 215 g/mol. The van der Waals surface area contributed by atoms with Gasteiger partial charge in [0.15, 0.2) is 0 Å². The van der Waals surface area contributed by atoms with Crippen LogP contribution in [-0.2, 0) is 6.42 Å². The van der Waals surface area contributed by atoms with Crippen LogP contribution in [0.3, 0.4) is 0 Å². The van der Waals surface area contributed by atoms with Gasteiger partial charge in [-0.25, -0.2) is 0 Å². The molecular formula is C14H17NO. The van der Waals surface area contributed by atoms with Crippen LogP contribution in [0.1, 0.15) is 23.1 Å². The van der Waals surface area contributed by atoms with Crippen LogP contribution in [0.2, 0.25) is 0 Å². The van der Waals surface area contributed by atoms with E-state index in [0.717, 1.165) is 17.9 Å². The summed E-state index contributed by atoms with van der Waals surface area (Å²) in [6.07, 6.45) is 0.949. The van der Waals surface area contributed by atoms with Gasteiger partial charge in [0.05, 0.1) is 6.04 Å². The second kappa shape index (κ2) is 4.99. The van der Waals surface area contributed by atoms with Crippen LogP contribution in [0.25, 0.3) is 0 Å². The van der Waals surface area contributed by atoms with E-state index in [0.29, 0.717) is 0 Å². The summed E-state index contributed by atoms with van der Waals surface area (Å²) in [5.74, 6) is 1.96. The summed E-state index contributed by atoms with van der Waals surface area (Å²) in [5.41, 5.74) is 1.32. The number of hydrogen-bond donors (Lipinski definition) is 1. The zero-order valence-corrected chi connectivity index (χ0v) is 9.73. The predicted octanol–water partition coefficient (Wildman–Crippen LogP) is 3.09. The molecule has 0 aliphatic heterocycles. The van der Waals surface area contributed by atoms with E-state index in [4.69, 9.17) is 4.42 Å². The van der Waals surface area contributed by atoms with E-state index in [9.17, 15) is 0 Å². The minimum absolute atomic E-state index is 0.246. The summed E-state index contributed by atoms with van der Waals surface area (Å²) in [5, 5.41) is 3.29. The van der Waals surface area contributed by atoms with Crippen molar-refractivity contribution in [3.63, 3.8) is 0 Å². The minimum Gasteiger partial charge on any atom is -0.465 e. The van der Waals surface area contributed by atoms with E-state index in [-0.39, 0.29) is 6.04 Å². The highest BCUT2D eigenvalue weighted by Gasteiger charge is 2.13. The largest absolute Gasteiger partial charge is 0.465 e. The van der Waals surface area contributed by atoms with Crippen molar-refractivity contribution < 1.29 is 4.42 Å². The Labute approximate surface area is 96.3 Å². The third-order valence-electron chi connectivity index (χ3n) is 2.74. The van der Waals surface area contributed by atoms with Gasteiger partial charge in [0.2, 0.25) is 0 Å². The quantitative estimate of drug-likeness (QED) is 0.847. The maximum atomic E-state index is 5.65. The van der Waals surface area contributed by atoms with Gasteiger partial charge >= 0.3 is 0 Å². The highest BCUT2D eigenvalue weighted by atomic mass is 16.3. The van der Waals surface area contributed by atoms with Crippen LogP contribution >= 0.6 is 0 Å². The van der Waals surface area contributed by atoms with Crippen molar-refractivity contribution in [2.75, 3.05) is 7.05 Å². The Morgan fingerprint density at radius 1 is 1.12 bits per heavy atom. The summed E-state index contributed by atoms with van der Waals surface area (Å²) >= 11 is 0. The molecule has 0 amide bonds. The van der Waals surface area contributed by atoms with Crippen LogP contribution in [0.15, 0.2) is 46.9 Å². The van der Waals surface area contributed by atoms with Gasteiger partial charge in [-0.05, 0) is 38.1 Å². The lowest BCUT2D eigenvalue weighted by Gasteiger charge is -2.13. The van der Waals surface area contributed by atoms with Gasteiger partial charge in [-0.3, -0.25) is 0 Å². The van der Waals surface area contributed by atoms with Gasteiger partial charge in [-0.2, -0.15) is 0 Å². The normalized spacial score (nSPS) is 12.6. The molecule has 2 aromatic rings. The molecule has 1 atom stereocenters. The molecule has 1 unspecified atom stereocenters. The molecule has 1 aromatic carbocycles. The van der Waals surface area contributed by atoms with Crippen molar-refractivity contribution >= 4 is 0 Å². The average Bonchev–Trinajstić information content (AvgIpc) is 2.74. The zero-order chi connectivity index (χ0) is 11.4. The van der Waals surface area contributed by atoms with Crippen LogP contribution in [0.4, 0.5) is 0 Å². The molecule has 0 fully saturated rings. The summed E-state index contributed by atoms with van der Waals surface area (Å²) in [6, 6.07) is 14.7. The number of furan rings is 1. The summed E-state index contributed by atoms with van der Waals surface area (Å²) in [6.45, 7) is 1.97. The first-order valence-corrected chi connectivity index (χ1v) is 5.57. The highest BCUT2D eigenvalue weighted by molar-refractivity contribution is 5.19. The lowest BCUT2D eigenvalue weighted by atomic mass is 10.0.